The third-order valence-electron chi connectivity index (χ3n) is 4.40. The maximum atomic E-state index is 14.0. The first-order valence-corrected chi connectivity index (χ1v) is 8.82. The van der Waals surface area contributed by atoms with Gasteiger partial charge in [-0.15, -0.1) is 0 Å². The molecule has 5 N–H and O–H groups in total. The van der Waals surface area contributed by atoms with E-state index in [1.54, 1.807) is 36.5 Å². The van der Waals surface area contributed by atoms with Crippen molar-refractivity contribution in [2.45, 2.75) is 0 Å². The third kappa shape index (κ3) is 3.68. The molecule has 2 aromatic carbocycles. The molecule has 0 spiro atoms. The van der Waals surface area contributed by atoms with Crippen molar-refractivity contribution in [2.24, 2.45) is 0 Å². The lowest BCUT2D eigenvalue weighted by atomic mass is 10.1. The average Bonchev–Trinajstić information content (AvgIpc) is 3.19. The predicted octanol–water partition coefficient (Wildman–Crippen LogP) is 3.93. The maximum Gasteiger partial charge on any atom is 0.258 e. The molecule has 30 heavy (non-hydrogen) atoms. The molecular formula is C21H15F2N5O2. The van der Waals surface area contributed by atoms with Crippen molar-refractivity contribution >= 4 is 39.9 Å². The lowest BCUT2D eigenvalue weighted by Crippen LogP contribution is -2.16. The standard InChI is InChI=1S/C21H15F2N5O2/c22-15-10-17(24)16(23)9-14(15)21(30)28-12-3-1-2-11(8-12)27-20(29)13-4-6-25-18-5-7-26-19(13)18/h1-10,26H,24H2,(H,27,29)(H,28,30). The Bertz CT molecular complexity index is 1290. The van der Waals surface area contributed by atoms with Gasteiger partial charge in [0.25, 0.3) is 11.8 Å². The van der Waals surface area contributed by atoms with Crippen LogP contribution in [0.3, 0.4) is 0 Å². The summed E-state index contributed by atoms with van der Waals surface area (Å²) in [5.74, 6) is -3.06. The molecule has 4 rings (SSSR count). The van der Waals surface area contributed by atoms with E-state index in [4.69, 9.17) is 5.73 Å². The van der Waals surface area contributed by atoms with Crippen LogP contribution < -0.4 is 16.4 Å². The molecule has 0 aliphatic rings. The topological polar surface area (TPSA) is 113 Å². The van der Waals surface area contributed by atoms with Crippen LogP contribution in [-0.4, -0.2) is 21.8 Å². The Morgan fingerprint density at radius 2 is 1.60 bits per heavy atom. The van der Waals surface area contributed by atoms with E-state index in [0.29, 0.717) is 22.3 Å². The largest absolute Gasteiger partial charge is 0.396 e. The van der Waals surface area contributed by atoms with Crippen LogP contribution in [0, 0.1) is 11.6 Å². The van der Waals surface area contributed by atoms with Crippen molar-refractivity contribution in [1.29, 1.82) is 0 Å². The van der Waals surface area contributed by atoms with E-state index in [0.717, 1.165) is 12.1 Å². The van der Waals surface area contributed by atoms with E-state index < -0.39 is 23.1 Å². The first kappa shape index (κ1) is 19.1. The second-order valence-corrected chi connectivity index (χ2v) is 6.44. The highest BCUT2D eigenvalue weighted by molar-refractivity contribution is 6.11. The van der Waals surface area contributed by atoms with E-state index in [1.165, 1.54) is 12.3 Å². The monoisotopic (exact) mass is 407 g/mol. The fourth-order valence-corrected chi connectivity index (χ4v) is 2.96. The number of rotatable bonds is 4. The van der Waals surface area contributed by atoms with Crippen LogP contribution in [0.5, 0.6) is 0 Å². The molecule has 0 aliphatic carbocycles. The summed E-state index contributed by atoms with van der Waals surface area (Å²) in [5.41, 5.74) is 6.76. The molecule has 2 heterocycles. The summed E-state index contributed by atoms with van der Waals surface area (Å²) in [5, 5.41) is 5.20. The quantitative estimate of drug-likeness (QED) is 0.384. The predicted molar refractivity (Wildman–Crippen MR) is 109 cm³/mol. The number of nitrogens with two attached hydrogens (primary N) is 1. The summed E-state index contributed by atoms with van der Waals surface area (Å²) in [6, 6.07) is 11.1. The number of hydrogen-bond acceptors (Lipinski definition) is 4. The van der Waals surface area contributed by atoms with Gasteiger partial charge in [0.15, 0.2) is 0 Å². The third-order valence-corrected chi connectivity index (χ3v) is 4.40. The van der Waals surface area contributed by atoms with Gasteiger partial charge in [-0.25, -0.2) is 8.78 Å². The summed E-state index contributed by atoms with van der Waals surface area (Å²) in [6.07, 6.45) is 3.21. The van der Waals surface area contributed by atoms with Crippen molar-refractivity contribution < 1.29 is 18.4 Å². The highest BCUT2D eigenvalue weighted by atomic mass is 19.1. The Labute approximate surface area is 168 Å². The number of carbonyl (C=O) groups excluding carboxylic acids is 2. The van der Waals surface area contributed by atoms with Crippen LogP contribution >= 0.6 is 0 Å². The number of carbonyl (C=O) groups is 2. The van der Waals surface area contributed by atoms with Crippen LogP contribution in [-0.2, 0) is 0 Å². The van der Waals surface area contributed by atoms with Crippen LogP contribution in [0.15, 0.2) is 60.9 Å². The fraction of sp³-hybridized carbons (Fsp3) is 0. The molecule has 0 unspecified atom stereocenters. The number of nitrogens with one attached hydrogen (secondary N) is 3. The second kappa shape index (κ2) is 7.63. The Hall–Kier alpha value is -4.27. The van der Waals surface area contributed by atoms with Gasteiger partial charge >= 0.3 is 0 Å². The molecule has 0 atom stereocenters. The molecule has 2 amide bonds. The van der Waals surface area contributed by atoms with Gasteiger partial charge in [0.2, 0.25) is 0 Å². The van der Waals surface area contributed by atoms with Gasteiger partial charge in [0.1, 0.15) is 11.6 Å². The minimum absolute atomic E-state index is 0.286. The molecule has 150 valence electrons. The smallest absolute Gasteiger partial charge is 0.258 e. The molecule has 9 heteroatoms. The van der Waals surface area contributed by atoms with Crippen molar-refractivity contribution in [3.8, 4) is 0 Å². The van der Waals surface area contributed by atoms with Gasteiger partial charge in [-0.2, -0.15) is 0 Å². The van der Waals surface area contributed by atoms with Gasteiger partial charge in [0, 0.05) is 29.8 Å². The number of benzene rings is 2. The summed E-state index contributed by atoms with van der Waals surface area (Å²) >= 11 is 0. The highest BCUT2D eigenvalue weighted by Gasteiger charge is 2.16. The zero-order chi connectivity index (χ0) is 21.3. The second-order valence-electron chi connectivity index (χ2n) is 6.44. The first-order chi connectivity index (χ1) is 14.4. The molecule has 0 bridgehead atoms. The molecule has 0 fully saturated rings. The summed E-state index contributed by atoms with van der Waals surface area (Å²) < 4.78 is 27.5. The van der Waals surface area contributed by atoms with E-state index in [9.17, 15) is 18.4 Å². The van der Waals surface area contributed by atoms with Crippen molar-refractivity contribution in [2.75, 3.05) is 16.4 Å². The number of aromatic amines is 1. The zero-order valence-corrected chi connectivity index (χ0v) is 15.4. The van der Waals surface area contributed by atoms with Crippen LogP contribution in [0.2, 0.25) is 0 Å². The Morgan fingerprint density at radius 3 is 2.33 bits per heavy atom. The summed E-state index contributed by atoms with van der Waals surface area (Å²) in [7, 11) is 0. The van der Waals surface area contributed by atoms with Crippen LogP contribution in [0.1, 0.15) is 20.7 Å². The van der Waals surface area contributed by atoms with E-state index in [1.807, 2.05) is 0 Å². The number of H-pyrrole nitrogens is 1. The molecule has 0 saturated carbocycles. The first-order valence-electron chi connectivity index (χ1n) is 8.82. The van der Waals surface area contributed by atoms with Crippen LogP contribution in [0.4, 0.5) is 25.8 Å². The number of amides is 2. The number of fused-ring (bicyclic) bond motifs is 1. The Kier molecular flexibility index (Phi) is 4.85. The SMILES string of the molecule is Nc1cc(F)c(C(=O)Nc2cccc(NC(=O)c3ccnc4cc[nH]c34)c2)cc1F. The van der Waals surface area contributed by atoms with Crippen molar-refractivity contribution in [1.82, 2.24) is 9.97 Å². The van der Waals surface area contributed by atoms with Gasteiger partial charge < -0.3 is 21.4 Å². The number of halogens is 2. The van der Waals surface area contributed by atoms with Crippen LogP contribution in [0.25, 0.3) is 11.0 Å². The lowest BCUT2D eigenvalue weighted by molar-refractivity contribution is 0.101. The Balaban J connectivity index is 1.53. The van der Waals surface area contributed by atoms with E-state index in [2.05, 4.69) is 20.6 Å². The lowest BCUT2D eigenvalue weighted by Gasteiger charge is -2.10. The minimum atomic E-state index is -0.941. The molecule has 2 aromatic heterocycles. The van der Waals surface area contributed by atoms with Gasteiger partial charge in [-0.1, -0.05) is 6.07 Å². The van der Waals surface area contributed by atoms with E-state index in [-0.39, 0.29) is 17.3 Å². The minimum Gasteiger partial charge on any atom is -0.396 e. The maximum absolute atomic E-state index is 14.0. The number of hydrogen-bond donors (Lipinski definition) is 4. The molecule has 0 saturated heterocycles. The number of anilines is 3. The number of aromatic nitrogens is 2. The zero-order valence-electron chi connectivity index (χ0n) is 15.4. The van der Waals surface area contributed by atoms with Crippen molar-refractivity contribution in [3.63, 3.8) is 0 Å². The number of nitrogen functional groups attached to an aromatic ring is 1. The summed E-state index contributed by atoms with van der Waals surface area (Å²) in [4.78, 5) is 32.1. The molecule has 7 nitrogen and oxygen atoms in total. The molecule has 0 aliphatic heterocycles. The fourth-order valence-electron chi connectivity index (χ4n) is 2.96. The Morgan fingerprint density at radius 1 is 0.900 bits per heavy atom. The average molecular weight is 407 g/mol. The number of nitrogens with zero attached hydrogens (tertiary/aromatic N) is 1. The molecule has 4 aromatic rings. The van der Waals surface area contributed by atoms with Crippen molar-refractivity contribution in [3.05, 3.63) is 83.7 Å². The normalized spacial score (nSPS) is 10.7. The molecule has 0 radical (unpaired) electrons. The highest BCUT2D eigenvalue weighted by Crippen LogP contribution is 2.21. The van der Waals surface area contributed by atoms with Gasteiger partial charge in [-0.05, 0) is 36.4 Å². The van der Waals surface area contributed by atoms with E-state index >= 15 is 0 Å². The van der Waals surface area contributed by atoms with Gasteiger partial charge in [-0.3, -0.25) is 14.6 Å². The number of pyridine rings is 1. The summed E-state index contributed by atoms with van der Waals surface area (Å²) in [6.45, 7) is 0. The molecular weight excluding hydrogens is 392 g/mol. The van der Waals surface area contributed by atoms with Gasteiger partial charge in [0.05, 0.1) is 27.8 Å².